The highest BCUT2D eigenvalue weighted by atomic mass is 79.9. The lowest BCUT2D eigenvalue weighted by Gasteiger charge is -2.42. The summed E-state index contributed by atoms with van der Waals surface area (Å²) in [6, 6.07) is 2.48. The van der Waals surface area contributed by atoms with E-state index in [9.17, 15) is 19.1 Å². The molecule has 7 nitrogen and oxygen atoms in total. The minimum atomic E-state index is -1.41. The minimum Gasteiger partial charge on any atom is -0.465 e. The summed E-state index contributed by atoms with van der Waals surface area (Å²) in [5, 5.41) is 10.4. The lowest BCUT2D eigenvalue weighted by atomic mass is 9.87. The van der Waals surface area contributed by atoms with Crippen LogP contribution < -0.4 is 0 Å². The molecule has 34 heavy (non-hydrogen) atoms. The number of hydrogen-bond donors (Lipinski definition) is 1. The van der Waals surface area contributed by atoms with Crippen molar-refractivity contribution in [3.63, 3.8) is 0 Å². The molecule has 0 saturated heterocycles. The van der Waals surface area contributed by atoms with E-state index in [0.717, 1.165) is 29.0 Å². The van der Waals surface area contributed by atoms with E-state index >= 15 is 0 Å². The van der Waals surface area contributed by atoms with Crippen LogP contribution in [0.4, 0.5) is 9.18 Å². The summed E-state index contributed by atoms with van der Waals surface area (Å²) in [7, 11) is -1.41. The van der Waals surface area contributed by atoms with Crippen molar-refractivity contribution in [3.8, 4) is 0 Å². The second kappa shape index (κ2) is 9.29. The van der Waals surface area contributed by atoms with Crippen LogP contribution in [0, 0.1) is 17.3 Å². The first kappa shape index (κ1) is 27.3. The maximum Gasteiger partial charge on any atom is 0.415 e. The van der Waals surface area contributed by atoms with E-state index in [2.05, 4.69) is 40.6 Å². The van der Waals surface area contributed by atoms with Gasteiger partial charge in [-0.3, -0.25) is 4.99 Å². The minimum absolute atomic E-state index is 0.142. The third-order valence-electron chi connectivity index (χ3n) is 6.31. The molecule has 1 unspecified atom stereocenters. The van der Waals surface area contributed by atoms with E-state index < -0.39 is 42.0 Å². The number of aliphatic imine (C=N–C) groups is 1. The number of hydrogen-bond acceptors (Lipinski definition) is 6. The Morgan fingerprint density at radius 1 is 1.47 bits per heavy atom. The number of amides is 1. The summed E-state index contributed by atoms with van der Waals surface area (Å²) in [5.41, 5.74) is -1.50. The Morgan fingerprint density at radius 3 is 2.65 bits per heavy atom. The molecular formula is C23H33BrFN3O4SSi. The van der Waals surface area contributed by atoms with Gasteiger partial charge in [-0.2, -0.15) is 4.39 Å². The van der Waals surface area contributed by atoms with Gasteiger partial charge in [0.15, 0.2) is 5.17 Å². The number of nitrogens with zero attached hydrogens (tertiary/aromatic N) is 3. The maximum absolute atomic E-state index is 14.9. The molecule has 1 fully saturated rings. The fourth-order valence-corrected chi connectivity index (χ4v) is 6.85. The van der Waals surface area contributed by atoms with Gasteiger partial charge in [0.05, 0.1) is 10.3 Å². The molecule has 1 aromatic rings. The number of amidine groups is 1. The van der Waals surface area contributed by atoms with E-state index in [1.54, 1.807) is 13.0 Å². The Labute approximate surface area is 214 Å². The van der Waals surface area contributed by atoms with Crippen LogP contribution in [-0.2, 0) is 15.1 Å². The molecule has 1 N–H and O–H groups in total. The van der Waals surface area contributed by atoms with Gasteiger partial charge in [0, 0.05) is 42.2 Å². The highest BCUT2D eigenvalue weighted by molar-refractivity contribution is 9.10. The molecule has 0 aromatic carbocycles. The quantitative estimate of drug-likeness (QED) is 0.187. The monoisotopic (exact) mass is 573 g/mol. The van der Waals surface area contributed by atoms with Gasteiger partial charge in [0.2, 0.25) is 5.95 Å². The van der Waals surface area contributed by atoms with Crippen molar-refractivity contribution in [1.29, 1.82) is 0 Å². The molecule has 11 heteroatoms. The van der Waals surface area contributed by atoms with Gasteiger partial charge < -0.3 is 14.6 Å². The number of carbonyl (C=O) groups is 2. The third-order valence-corrected chi connectivity index (χ3v) is 9.84. The van der Waals surface area contributed by atoms with Crippen molar-refractivity contribution in [1.82, 2.24) is 9.88 Å². The molecule has 1 aliphatic carbocycles. The summed E-state index contributed by atoms with van der Waals surface area (Å²) >= 11 is 4.47. The summed E-state index contributed by atoms with van der Waals surface area (Å²) in [5.74, 6) is -0.957. The number of halogens is 2. The number of carbonyl (C=O) groups excluding carboxylic acids is 1. The zero-order valence-electron chi connectivity index (χ0n) is 20.7. The zero-order valence-corrected chi connectivity index (χ0v) is 24.1. The predicted octanol–water partition coefficient (Wildman–Crippen LogP) is 5.97. The highest BCUT2D eigenvalue weighted by Gasteiger charge is 2.68. The van der Waals surface area contributed by atoms with E-state index in [1.165, 1.54) is 6.20 Å². The van der Waals surface area contributed by atoms with Crippen LogP contribution in [0.3, 0.4) is 0 Å². The molecule has 0 spiro atoms. The largest absolute Gasteiger partial charge is 0.465 e. The molecular weight excluding hydrogens is 541 g/mol. The fraction of sp³-hybridized carbons (Fsp3) is 0.652. The van der Waals surface area contributed by atoms with Crippen molar-refractivity contribution in [2.45, 2.75) is 76.3 Å². The Balaban J connectivity index is 2.09. The van der Waals surface area contributed by atoms with Crippen LogP contribution in [0.1, 0.15) is 39.7 Å². The number of rotatable bonds is 7. The molecule has 1 aromatic heterocycles. The molecule has 4 atom stereocenters. The van der Waals surface area contributed by atoms with Gasteiger partial charge in [-0.25, -0.2) is 14.7 Å². The van der Waals surface area contributed by atoms with Crippen LogP contribution in [0.2, 0.25) is 25.7 Å². The number of pyridine rings is 1. The average Bonchev–Trinajstić information content (AvgIpc) is 3.43. The Morgan fingerprint density at radius 2 is 2.12 bits per heavy atom. The van der Waals surface area contributed by atoms with Crippen molar-refractivity contribution in [3.05, 3.63) is 28.2 Å². The molecule has 3 rings (SSSR count). The summed E-state index contributed by atoms with van der Waals surface area (Å²) in [6.45, 7) is 14.6. The first-order valence-corrected chi connectivity index (χ1v) is 16.6. The first-order valence-electron chi connectivity index (χ1n) is 11.2. The van der Waals surface area contributed by atoms with Crippen LogP contribution in [0.25, 0.3) is 0 Å². The van der Waals surface area contributed by atoms with Crippen molar-refractivity contribution in [2.75, 3.05) is 6.61 Å². The van der Waals surface area contributed by atoms with Crippen LogP contribution in [0.15, 0.2) is 21.7 Å². The van der Waals surface area contributed by atoms with Crippen LogP contribution >= 0.6 is 27.7 Å². The Kier molecular flexibility index (Phi) is 7.46. The van der Waals surface area contributed by atoms with Crippen LogP contribution in [0.5, 0.6) is 0 Å². The van der Waals surface area contributed by atoms with Crippen molar-refractivity contribution >= 4 is 53.3 Å². The van der Waals surface area contributed by atoms with Gasteiger partial charge in [-0.05, 0) is 41.4 Å². The second-order valence-corrected chi connectivity index (χ2v) is 19.4. The molecule has 188 valence electrons. The summed E-state index contributed by atoms with van der Waals surface area (Å²) in [6.07, 6.45) is 0.615. The lowest BCUT2D eigenvalue weighted by molar-refractivity contribution is -0.108. The number of carboxylic acid groups (broad SMARTS) is 1. The molecule has 1 amide bonds. The fourth-order valence-electron chi connectivity index (χ4n) is 4.27. The van der Waals surface area contributed by atoms with Crippen LogP contribution in [-0.4, -0.2) is 58.2 Å². The van der Waals surface area contributed by atoms with Crippen molar-refractivity contribution in [2.24, 2.45) is 16.3 Å². The third kappa shape index (κ3) is 5.42. The molecule has 0 radical (unpaired) electrons. The van der Waals surface area contributed by atoms with Gasteiger partial charge in [0.25, 0.3) is 0 Å². The summed E-state index contributed by atoms with van der Waals surface area (Å²) in [4.78, 5) is 34.5. The van der Waals surface area contributed by atoms with Gasteiger partial charge >= 0.3 is 6.09 Å². The molecule has 2 heterocycles. The van der Waals surface area contributed by atoms with Gasteiger partial charge in [0.1, 0.15) is 12.5 Å². The zero-order chi connectivity index (χ0) is 25.7. The first-order chi connectivity index (χ1) is 15.5. The highest BCUT2D eigenvalue weighted by Crippen LogP contribution is 2.65. The van der Waals surface area contributed by atoms with E-state index in [-0.39, 0.29) is 16.6 Å². The lowest BCUT2D eigenvalue weighted by Crippen LogP contribution is -2.53. The molecule has 1 aliphatic heterocycles. The molecule has 0 bridgehead atoms. The van der Waals surface area contributed by atoms with Gasteiger partial charge in [-0.15, -0.1) is 0 Å². The SMILES string of the molecule is CC(C)(C)C(OCC[Si](C)(C)C)N(C(=O)O)C1=N[C@](C)(c2cc(Br)cnc2F)[C@@H]2C[C@]2(C=O)S1. The topological polar surface area (TPSA) is 92.1 Å². The standard InChI is InChI=1S/C23H33BrFN3O4SSi/c1-21(2,3)18(32-8-9-34(5,6)7)28(20(30)31)19-27-22(4,16-11-23(16,13-29)33-19)15-10-14(24)12-26-17(15)25/h10,12-13,16,18H,8-9,11H2,1-7H3,(H,30,31)/t16-,18?,22+,23+/m0/s1. The number of ether oxygens (including phenoxy) is 1. The smallest absolute Gasteiger partial charge is 0.415 e. The van der Waals surface area contributed by atoms with Crippen molar-refractivity contribution < 1.29 is 23.8 Å². The Bertz CT molecular complexity index is 1010. The Hall–Kier alpha value is -1.30. The second-order valence-electron chi connectivity index (χ2n) is 11.5. The maximum atomic E-state index is 14.9. The summed E-state index contributed by atoms with van der Waals surface area (Å²) < 4.78 is 20.8. The van der Waals surface area contributed by atoms with E-state index in [1.807, 2.05) is 20.8 Å². The number of aldehydes is 1. The number of fused-ring (bicyclic) bond motifs is 1. The van der Waals surface area contributed by atoms with E-state index in [0.29, 0.717) is 17.5 Å². The molecule has 1 saturated carbocycles. The normalized spacial score (nSPS) is 27.4. The van der Waals surface area contributed by atoms with Gasteiger partial charge in [-0.1, -0.05) is 52.2 Å². The van der Waals surface area contributed by atoms with E-state index in [4.69, 9.17) is 9.73 Å². The predicted molar refractivity (Wildman–Crippen MR) is 138 cm³/mol. The molecule has 2 aliphatic rings. The number of thioether (sulfide) groups is 1. The average molecular weight is 575 g/mol. The number of aromatic nitrogens is 1.